The van der Waals surface area contributed by atoms with Crippen molar-refractivity contribution < 1.29 is 19.1 Å². The summed E-state index contributed by atoms with van der Waals surface area (Å²) in [4.78, 5) is 33.5. The summed E-state index contributed by atoms with van der Waals surface area (Å²) in [7, 11) is 0. The fraction of sp³-hybridized carbons (Fsp3) is 0.444. The van der Waals surface area contributed by atoms with E-state index in [4.69, 9.17) is 14.5 Å². The van der Waals surface area contributed by atoms with E-state index in [1.54, 1.807) is 11.8 Å². The van der Waals surface area contributed by atoms with E-state index in [2.05, 4.69) is 13.8 Å². The third-order valence-corrected chi connectivity index (χ3v) is 6.16. The predicted molar refractivity (Wildman–Crippen MR) is 132 cm³/mol. The predicted octanol–water partition coefficient (Wildman–Crippen LogP) is 5.13. The summed E-state index contributed by atoms with van der Waals surface area (Å²) in [6.07, 6.45) is 3.79. The molecule has 2 heterocycles. The number of para-hydroxylation sites is 2. The number of esters is 1. The number of carbonyl (C=O) groups excluding carboxylic acids is 2. The van der Waals surface area contributed by atoms with Crippen molar-refractivity contribution in [3.8, 4) is 5.75 Å². The van der Waals surface area contributed by atoms with Gasteiger partial charge in [-0.1, -0.05) is 51.0 Å². The van der Waals surface area contributed by atoms with Crippen molar-refractivity contribution in [1.82, 2.24) is 9.55 Å². The van der Waals surface area contributed by atoms with Gasteiger partial charge in [0.25, 0.3) is 0 Å². The van der Waals surface area contributed by atoms with Gasteiger partial charge in [0.1, 0.15) is 5.75 Å². The van der Waals surface area contributed by atoms with E-state index in [-0.39, 0.29) is 12.5 Å². The third kappa shape index (κ3) is 4.52. The minimum Gasteiger partial charge on any atom is -0.494 e. The first-order valence-corrected chi connectivity index (χ1v) is 12.3. The van der Waals surface area contributed by atoms with Crippen LogP contribution in [0.4, 0.5) is 5.95 Å². The first kappa shape index (κ1) is 23.8. The van der Waals surface area contributed by atoms with Gasteiger partial charge in [-0.25, -0.2) is 4.98 Å². The standard InChI is InChI=1S/C27H33N3O4/c1-4-7-10-17-29-25(31)23(26(32)33-6-3)24(19-13-15-20(16-14-19)34-18-5-2)30-22-12-9-8-11-21(22)28-27(29)30/h8-9,11-16,23-24H,4-7,10,17-18H2,1-3H3/t23-,24+/m0/s1. The SMILES string of the molecule is CCCCCN1C(=O)[C@@H](C(=O)OCC)[C@@H](c2ccc(OCCC)cc2)n2c1nc1ccccc12. The molecular formula is C27H33N3O4. The summed E-state index contributed by atoms with van der Waals surface area (Å²) in [6, 6.07) is 14.9. The molecule has 180 valence electrons. The quantitative estimate of drug-likeness (QED) is 0.237. The van der Waals surface area contributed by atoms with Crippen LogP contribution in [0.25, 0.3) is 11.0 Å². The molecule has 2 aromatic carbocycles. The average Bonchev–Trinajstić information content (AvgIpc) is 3.23. The molecule has 1 aliphatic rings. The molecule has 0 saturated heterocycles. The van der Waals surface area contributed by atoms with E-state index >= 15 is 0 Å². The number of rotatable bonds is 10. The Morgan fingerprint density at radius 3 is 2.47 bits per heavy atom. The number of ether oxygens (including phenoxy) is 2. The van der Waals surface area contributed by atoms with Crippen molar-refractivity contribution in [1.29, 1.82) is 0 Å². The molecule has 7 heteroatoms. The average molecular weight is 464 g/mol. The molecule has 1 amide bonds. The molecule has 2 atom stereocenters. The van der Waals surface area contributed by atoms with Crippen molar-refractivity contribution in [2.75, 3.05) is 24.7 Å². The van der Waals surface area contributed by atoms with Crippen LogP contribution in [0, 0.1) is 5.92 Å². The molecule has 4 rings (SSSR count). The summed E-state index contributed by atoms with van der Waals surface area (Å²) in [6.45, 7) is 7.31. The van der Waals surface area contributed by atoms with Crippen LogP contribution in [-0.2, 0) is 14.3 Å². The van der Waals surface area contributed by atoms with Crippen LogP contribution < -0.4 is 9.64 Å². The van der Waals surface area contributed by atoms with Crippen molar-refractivity contribution in [3.63, 3.8) is 0 Å². The topological polar surface area (TPSA) is 73.7 Å². The zero-order valence-corrected chi connectivity index (χ0v) is 20.2. The number of aromatic nitrogens is 2. The Hall–Kier alpha value is -3.35. The summed E-state index contributed by atoms with van der Waals surface area (Å²) in [5.41, 5.74) is 2.52. The van der Waals surface area contributed by atoms with Gasteiger partial charge in [-0.15, -0.1) is 0 Å². The molecule has 0 unspecified atom stereocenters. The monoisotopic (exact) mass is 463 g/mol. The Balaban J connectivity index is 1.86. The summed E-state index contributed by atoms with van der Waals surface area (Å²) in [5.74, 6) is -0.410. The van der Waals surface area contributed by atoms with Crippen LogP contribution >= 0.6 is 0 Å². The molecule has 0 fully saturated rings. The first-order valence-electron chi connectivity index (χ1n) is 12.3. The van der Waals surface area contributed by atoms with Crippen molar-refractivity contribution in [2.45, 2.75) is 52.5 Å². The molecule has 0 bridgehead atoms. The van der Waals surface area contributed by atoms with Gasteiger partial charge in [-0.2, -0.15) is 0 Å². The second-order valence-corrected chi connectivity index (χ2v) is 8.56. The first-order chi connectivity index (χ1) is 16.6. The van der Waals surface area contributed by atoms with E-state index in [9.17, 15) is 9.59 Å². The van der Waals surface area contributed by atoms with Crippen molar-refractivity contribution in [3.05, 3.63) is 54.1 Å². The molecule has 0 radical (unpaired) electrons. The fourth-order valence-corrected chi connectivity index (χ4v) is 4.56. The molecule has 1 aliphatic heterocycles. The Bertz CT molecular complexity index is 1140. The van der Waals surface area contributed by atoms with E-state index in [0.717, 1.165) is 48.0 Å². The minimum absolute atomic E-state index is 0.215. The van der Waals surface area contributed by atoms with Crippen LogP contribution in [-0.4, -0.2) is 41.2 Å². The number of hydrogen-bond acceptors (Lipinski definition) is 5. The Morgan fingerprint density at radius 2 is 1.76 bits per heavy atom. The third-order valence-electron chi connectivity index (χ3n) is 6.16. The Morgan fingerprint density at radius 1 is 1.00 bits per heavy atom. The highest BCUT2D eigenvalue weighted by molar-refractivity contribution is 6.08. The maximum atomic E-state index is 13.8. The smallest absolute Gasteiger partial charge is 0.321 e. The number of fused-ring (bicyclic) bond motifs is 3. The number of amides is 1. The minimum atomic E-state index is -0.992. The van der Waals surface area contributed by atoms with Crippen LogP contribution in [0.1, 0.15) is 58.1 Å². The molecule has 0 N–H and O–H groups in total. The van der Waals surface area contributed by atoms with E-state index in [0.29, 0.717) is 19.1 Å². The lowest BCUT2D eigenvalue weighted by Gasteiger charge is -2.38. The lowest BCUT2D eigenvalue weighted by molar-refractivity contribution is -0.153. The van der Waals surface area contributed by atoms with Gasteiger partial charge in [0.15, 0.2) is 5.92 Å². The van der Waals surface area contributed by atoms with Crippen LogP contribution in [0.5, 0.6) is 5.75 Å². The van der Waals surface area contributed by atoms with Gasteiger partial charge in [-0.3, -0.25) is 14.5 Å². The zero-order chi connectivity index (χ0) is 24.1. The summed E-state index contributed by atoms with van der Waals surface area (Å²) in [5, 5.41) is 0. The van der Waals surface area contributed by atoms with Crippen molar-refractivity contribution >= 4 is 28.9 Å². The summed E-state index contributed by atoms with van der Waals surface area (Å²) >= 11 is 0. The number of imidazole rings is 1. The Labute approximate surface area is 200 Å². The Kier molecular flexibility index (Phi) is 7.50. The van der Waals surface area contributed by atoms with Crippen molar-refractivity contribution in [2.24, 2.45) is 5.92 Å². The van der Waals surface area contributed by atoms with Crippen LogP contribution in [0.2, 0.25) is 0 Å². The molecule has 0 aliphatic carbocycles. The molecule has 7 nitrogen and oxygen atoms in total. The fourth-order valence-electron chi connectivity index (χ4n) is 4.56. The van der Waals surface area contributed by atoms with Gasteiger partial charge in [0.05, 0.1) is 30.3 Å². The van der Waals surface area contributed by atoms with E-state index in [1.165, 1.54) is 0 Å². The van der Waals surface area contributed by atoms with Gasteiger partial charge in [0.2, 0.25) is 11.9 Å². The van der Waals surface area contributed by atoms with Gasteiger partial charge in [-0.05, 0) is 49.6 Å². The molecule has 0 saturated carbocycles. The maximum absolute atomic E-state index is 13.8. The number of hydrogen-bond donors (Lipinski definition) is 0. The second kappa shape index (κ2) is 10.7. The molecule has 0 spiro atoms. The lowest BCUT2D eigenvalue weighted by Crippen LogP contribution is -2.50. The van der Waals surface area contributed by atoms with E-state index < -0.39 is 17.9 Å². The number of carbonyl (C=O) groups is 2. The van der Waals surface area contributed by atoms with E-state index in [1.807, 2.05) is 53.1 Å². The summed E-state index contributed by atoms with van der Waals surface area (Å²) < 4.78 is 13.2. The second-order valence-electron chi connectivity index (χ2n) is 8.56. The molecule has 3 aromatic rings. The molecule has 1 aromatic heterocycles. The number of anilines is 1. The highest BCUT2D eigenvalue weighted by Gasteiger charge is 2.47. The largest absolute Gasteiger partial charge is 0.494 e. The zero-order valence-electron chi connectivity index (χ0n) is 20.2. The van der Waals surface area contributed by atoms with Crippen LogP contribution in [0.15, 0.2) is 48.5 Å². The number of nitrogens with zero attached hydrogens (tertiary/aromatic N) is 3. The molecular weight excluding hydrogens is 430 g/mol. The molecule has 34 heavy (non-hydrogen) atoms. The normalized spacial score (nSPS) is 17.6. The number of benzene rings is 2. The highest BCUT2D eigenvalue weighted by atomic mass is 16.5. The van der Waals surface area contributed by atoms with Gasteiger partial charge in [0, 0.05) is 6.54 Å². The van der Waals surface area contributed by atoms with Gasteiger partial charge < -0.3 is 14.0 Å². The number of unbranched alkanes of at least 4 members (excludes halogenated alkanes) is 2. The highest BCUT2D eigenvalue weighted by Crippen LogP contribution is 2.41. The van der Waals surface area contributed by atoms with Crippen LogP contribution in [0.3, 0.4) is 0 Å². The lowest BCUT2D eigenvalue weighted by atomic mass is 9.89. The maximum Gasteiger partial charge on any atom is 0.321 e. The van der Waals surface area contributed by atoms with Gasteiger partial charge >= 0.3 is 5.97 Å².